The second kappa shape index (κ2) is 7.65. The summed E-state index contributed by atoms with van der Waals surface area (Å²) in [7, 11) is 0. The van der Waals surface area contributed by atoms with Gasteiger partial charge in [-0.25, -0.2) is 0 Å². The summed E-state index contributed by atoms with van der Waals surface area (Å²) in [5, 5.41) is 2.60. The maximum absolute atomic E-state index is 13.1. The largest absolute Gasteiger partial charge is 0.408 e. The third kappa shape index (κ3) is 5.03. The van der Waals surface area contributed by atoms with E-state index in [0.29, 0.717) is 12.8 Å². The highest BCUT2D eigenvalue weighted by atomic mass is 19.4. The van der Waals surface area contributed by atoms with Crippen molar-refractivity contribution in [2.75, 3.05) is 6.54 Å². The normalized spacial score (nSPS) is 22.2. The fraction of sp³-hybridized carbons (Fsp3) is 0.733. The number of halogens is 3. The van der Waals surface area contributed by atoms with E-state index in [1.54, 1.807) is 0 Å². The van der Waals surface area contributed by atoms with E-state index in [9.17, 15) is 22.8 Å². The van der Waals surface area contributed by atoms with Crippen LogP contribution >= 0.6 is 0 Å². The summed E-state index contributed by atoms with van der Waals surface area (Å²) in [6, 6.07) is -2.21. The first kappa shape index (κ1) is 18.5. The number of hydrogen-bond acceptors (Lipinski definition) is 2. The minimum absolute atomic E-state index is 0.111. The van der Waals surface area contributed by atoms with E-state index in [-0.39, 0.29) is 25.3 Å². The van der Waals surface area contributed by atoms with Crippen LogP contribution in [0.5, 0.6) is 0 Å². The number of likely N-dealkylation sites (tertiary alicyclic amines) is 1. The zero-order chi connectivity index (χ0) is 16.9. The van der Waals surface area contributed by atoms with Crippen molar-refractivity contribution in [1.82, 2.24) is 10.2 Å². The van der Waals surface area contributed by atoms with E-state index in [2.05, 4.69) is 5.32 Å². The van der Waals surface area contributed by atoms with Gasteiger partial charge in [0.25, 0.3) is 0 Å². The number of allylic oxidation sites excluding steroid dienone is 1. The van der Waals surface area contributed by atoms with Gasteiger partial charge in [0.15, 0.2) is 0 Å². The molecule has 0 unspecified atom stereocenters. The molecule has 0 aromatic rings. The van der Waals surface area contributed by atoms with Crippen molar-refractivity contribution in [2.45, 2.75) is 64.7 Å². The summed E-state index contributed by atoms with van der Waals surface area (Å²) >= 11 is 0. The van der Waals surface area contributed by atoms with Gasteiger partial charge in [-0.2, -0.15) is 13.2 Å². The molecule has 1 aliphatic rings. The topological polar surface area (TPSA) is 49.4 Å². The van der Waals surface area contributed by atoms with Crippen LogP contribution in [0.4, 0.5) is 13.2 Å². The average Bonchev–Trinajstić information content (AvgIpc) is 2.42. The molecule has 0 saturated carbocycles. The van der Waals surface area contributed by atoms with Gasteiger partial charge in [0.1, 0.15) is 6.04 Å². The highest BCUT2D eigenvalue weighted by Crippen LogP contribution is 2.32. The molecular formula is C15H23F3N2O2. The minimum Gasteiger partial charge on any atom is -0.352 e. The van der Waals surface area contributed by atoms with Crippen LogP contribution in [-0.2, 0) is 9.59 Å². The summed E-state index contributed by atoms with van der Waals surface area (Å²) < 4.78 is 39.4. The molecule has 0 aliphatic carbocycles. The van der Waals surface area contributed by atoms with Gasteiger partial charge in [-0.3, -0.25) is 9.59 Å². The van der Waals surface area contributed by atoms with Gasteiger partial charge >= 0.3 is 6.18 Å². The summed E-state index contributed by atoms with van der Waals surface area (Å²) in [5.41, 5.74) is 0.813. The Kier molecular flexibility index (Phi) is 6.44. The molecule has 1 rings (SSSR count). The Balaban J connectivity index is 2.96. The Morgan fingerprint density at radius 1 is 1.23 bits per heavy atom. The predicted molar refractivity (Wildman–Crippen MR) is 77.1 cm³/mol. The molecule has 0 aromatic heterocycles. The van der Waals surface area contributed by atoms with Crippen molar-refractivity contribution in [3.05, 3.63) is 11.6 Å². The van der Waals surface area contributed by atoms with Crippen LogP contribution in [-0.4, -0.2) is 41.5 Å². The van der Waals surface area contributed by atoms with Gasteiger partial charge < -0.3 is 10.2 Å². The number of hydrogen-bond donors (Lipinski definition) is 1. The van der Waals surface area contributed by atoms with E-state index in [4.69, 9.17) is 0 Å². The number of nitrogens with one attached hydrogen (secondary N) is 1. The monoisotopic (exact) mass is 320 g/mol. The second-order valence-electron chi connectivity index (χ2n) is 5.53. The number of amides is 2. The van der Waals surface area contributed by atoms with E-state index in [0.717, 1.165) is 10.5 Å². The molecule has 0 bridgehead atoms. The molecule has 2 atom stereocenters. The Morgan fingerprint density at radius 2 is 1.82 bits per heavy atom. The molecule has 0 spiro atoms. The molecule has 0 aromatic carbocycles. The second-order valence-corrected chi connectivity index (χ2v) is 5.53. The summed E-state index contributed by atoms with van der Waals surface area (Å²) in [5.74, 6) is -0.933. The van der Waals surface area contributed by atoms with Crippen molar-refractivity contribution in [1.29, 1.82) is 0 Å². The molecule has 1 N–H and O–H groups in total. The maximum Gasteiger partial charge on any atom is 0.408 e. The smallest absolute Gasteiger partial charge is 0.352 e. The summed E-state index contributed by atoms with van der Waals surface area (Å²) in [6.07, 6.45) is -1.88. The summed E-state index contributed by atoms with van der Waals surface area (Å²) in [6.45, 7) is 4.92. The van der Waals surface area contributed by atoms with Crippen molar-refractivity contribution in [2.24, 2.45) is 0 Å². The van der Waals surface area contributed by atoms with Crippen LogP contribution in [0.1, 0.15) is 46.5 Å². The van der Waals surface area contributed by atoms with E-state index in [1.165, 1.54) is 13.0 Å². The van der Waals surface area contributed by atoms with Gasteiger partial charge in [0, 0.05) is 25.6 Å². The fourth-order valence-electron chi connectivity index (χ4n) is 2.67. The molecule has 4 nitrogen and oxygen atoms in total. The zero-order valence-corrected chi connectivity index (χ0v) is 13.2. The van der Waals surface area contributed by atoms with Crippen molar-refractivity contribution in [3.8, 4) is 0 Å². The Labute approximate surface area is 128 Å². The Morgan fingerprint density at radius 3 is 2.27 bits per heavy atom. The molecule has 1 aliphatic heterocycles. The van der Waals surface area contributed by atoms with Gasteiger partial charge in [0.2, 0.25) is 11.8 Å². The third-order valence-electron chi connectivity index (χ3n) is 3.89. The first-order chi connectivity index (χ1) is 10.2. The number of alkyl halides is 3. The lowest BCUT2D eigenvalue weighted by atomic mass is 9.97. The molecule has 1 heterocycles. The molecule has 0 radical (unpaired) electrons. The standard InChI is InChI=1S/C15H23F3N2O2/c1-4-11(5-2)8-14(22)20-9-12(19-10(3)21)6-7-13(20)15(16,17)18/h8,12-13H,4-7,9H2,1-3H3,(H,19,21)/t12-,13+/m0/s1. The highest BCUT2D eigenvalue weighted by molar-refractivity contribution is 5.88. The number of carbonyl (C=O) groups excluding carboxylic acids is 2. The van der Waals surface area contributed by atoms with Crippen LogP contribution in [0.3, 0.4) is 0 Å². The lowest BCUT2D eigenvalue weighted by Crippen LogP contribution is -2.57. The third-order valence-corrected chi connectivity index (χ3v) is 3.89. The Hall–Kier alpha value is -1.53. The number of carbonyl (C=O) groups is 2. The quantitative estimate of drug-likeness (QED) is 0.810. The van der Waals surface area contributed by atoms with Crippen LogP contribution in [0, 0.1) is 0 Å². The molecule has 1 fully saturated rings. The fourth-order valence-corrected chi connectivity index (χ4v) is 2.67. The van der Waals surface area contributed by atoms with Gasteiger partial charge in [-0.15, -0.1) is 0 Å². The van der Waals surface area contributed by atoms with Crippen molar-refractivity contribution in [3.63, 3.8) is 0 Å². The van der Waals surface area contributed by atoms with Crippen LogP contribution < -0.4 is 5.32 Å². The van der Waals surface area contributed by atoms with Crippen LogP contribution in [0.2, 0.25) is 0 Å². The molecule has 7 heteroatoms. The Bertz CT molecular complexity index is 441. The van der Waals surface area contributed by atoms with Gasteiger partial charge in [0.05, 0.1) is 0 Å². The molecule has 22 heavy (non-hydrogen) atoms. The first-order valence-corrected chi connectivity index (χ1v) is 7.52. The van der Waals surface area contributed by atoms with E-state index in [1.807, 2.05) is 13.8 Å². The first-order valence-electron chi connectivity index (χ1n) is 7.52. The van der Waals surface area contributed by atoms with Gasteiger partial charge in [-0.1, -0.05) is 19.4 Å². The molecule has 2 amide bonds. The molecule has 126 valence electrons. The zero-order valence-electron chi connectivity index (χ0n) is 13.2. The lowest BCUT2D eigenvalue weighted by molar-refractivity contribution is -0.195. The van der Waals surface area contributed by atoms with E-state index >= 15 is 0 Å². The number of rotatable bonds is 4. The van der Waals surface area contributed by atoms with E-state index < -0.39 is 24.2 Å². The predicted octanol–water partition coefficient (Wildman–Crippen LogP) is 2.79. The van der Waals surface area contributed by atoms with Crippen molar-refractivity contribution < 1.29 is 22.8 Å². The minimum atomic E-state index is -4.46. The van der Waals surface area contributed by atoms with Crippen LogP contribution in [0.15, 0.2) is 11.6 Å². The lowest BCUT2D eigenvalue weighted by Gasteiger charge is -2.40. The molecular weight excluding hydrogens is 297 g/mol. The van der Waals surface area contributed by atoms with Gasteiger partial charge in [-0.05, 0) is 25.7 Å². The SMILES string of the molecule is CCC(=CC(=O)N1C[C@@H](NC(C)=O)CC[C@@H]1C(F)(F)F)CC. The maximum atomic E-state index is 13.1. The average molecular weight is 320 g/mol. The molecule has 1 saturated heterocycles. The summed E-state index contributed by atoms with van der Waals surface area (Å²) in [4.78, 5) is 24.2. The van der Waals surface area contributed by atoms with Crippen LogP contribution in [0.25, 0.3) is 0 Å². The number of piperidine rings is 1. The number of nitrogens with zero attached hydrogens (tertiary/aromatic N) is 1. The highest BCUT2D eigenvalue weighted by Gasteiger charge is 2.47. The van der Waals surface area contributed by atoms with Crippen molar-refractivity contribution >= 4 is 11.8 Å².